The largest absolute Gasteiger partial charge is 0.490 e. The molecule has 3 atom stereocenters. The molecule has 1 unspecified atom stereocenters. The molecule has 3 aromatic rings. The Hall–Kier alpha value is -2.82. The molecule has 0 bridgehead atoms. The highest BCUT2D eigenvalue weighted by atomic mass is 16.5. The summed E-state index contributed by atoms with van der Waals surface area (Å²) in [6.07, 6.45) is 5.88. The van der Waals surface area contributed by atoms with Crippen LogP contribution < -0.4 is 15.8 Å². The lowest BCUT2D eigenvalue weighted by Gasteiger charge is -2.29. The SMILES string of the molecule is CN1CCC(Oc2ccc(-n3nnc4cnc(N[C@@H]5CC[C@@H](C(N)O)C5)nc43)cc2)CC1. The van der Waals surface area contributed by atoms with Crippen LogP contribution in [0.1, 0.15) is 32.1 Å². The fourth-order valence-corrected chi connectivity index (χ4v) is 4.57. The van der Waals surface area contributed by atoms with Crippen molar-refractivity contribution in [2.24, 2.45) is 11.7 Å². The van der Waals surface area contributed by atoms with E-state index in [1.807, 2.05) is 24.3 Å². The fourth-order valence-electron chi connectivity index (χ4n) is 4.57. The first-order chi connectivity index (χ1) is 15.5. The summed E-state index contributed by atoms with van der Waals surface area (Å²) in [5.41, 5.74) is 7.76. The lowest BCUT2D eigenvalue weighted by molar-refractivity contribution is 0.114. The zero-order valence-electron chi connectivity index (χ0n) is 18.3. The smallest absolute Gasteiger partial charge is 0.225 e. The Morgan fingerprint density at radius 1 is 1.16 bits per heavy atom. The molecule has 0 spiro atoms. The number of nitrogens with two attached hydrogens (primary N) is 1. The van der Waals surface area contributed by atoms with E-state index in [2.05, 4.69) is 37.5 Å². The molecular weight excluding hydrogens is 408 g/mol. The summed E-state index contributed by atoms with van der Waals surface area (Å²) in [6.45, 7) is 2.14. The summed E-state index contributed by atoms with van der Waals surface area (Å²) in [5.74, 6) is 1.50. The molecule has 4 N–H and O–H groups in total. The van der Waals surface area contributed by atoms with Crippen LogP contribution in [0.4, 0.5) is 5.95 Å². The van der Waals surface area contributed by atoms with E-state index in [0.29, 0.717) is 17.1 Å². The minimum absolute atomic E-state index is 0.110. The molecule has 2 aromatic heterocycles. The van der Waals surface area contributed by atoms with E-state index in [4.69, 9.17) is 10.5 Å². The maximum atomic E-state index is 9.62. The van der Waals surface area contributed by atoms with Crippen LogP contribution in [-0.4, -0.2) is 73.5 Å². The fraction of sp³-hybridized carbons (Fsp3) is 0.545. The molecule has 1 saturated heterocycles. The molecule has 32 heavy (non-hydrogen) atoms. The number of nitrogens with zero attached hydrogens (tertiary/aromatic N) is 6. The first kappa shape index (κ1) is 21.0. The molecule has 5 rings (SSSR count). The molecule has 1 aliphatic heterocycles. The van der Waals surface area contributed by atoms with Crippen LogP contribution >= 0.6 is 0 Å². The summed E-state index contributed by atoms with van der Waals surface area (Å²) in [5, 5.41) is 21.5. The molecule has 2 aliphatic rings. The number of aromatic nitrogens is 5. The van der Waals surface area contributed by atoms with E-state index in [0.717, 1.165) is 56.6 Å². The number of aliphatic hydroxyl groups excluding tert-OH is 1. The molecule has 0 radical (unpaired) electrons. The number of rotatable bonds is 6. The third kappa shape index (κ3) is 4.52. The number of piperidine rings is 1. The van der Waals surface area contributed by atoms with Crippen LogP contribution in [0.5, 0.6) is 5.75 Å². The van der Waals surface area contributed by atoms with E-state index in [1.165, 1.54) is 0 Å². The van der Waals surface area contributed by atoms with Crippen molar-refractivity contribution in [3.63, 3.8) is 0 Å². The third-order valence-electron chi connectivity index (χ3n) is 6.53. The molecular formula is C22H30N8O2. The van der Waals surface area contributed by atoms with Gasteiger partial charge in [-0.05, 0) is 63.4 Å². The normalized spacial score (nSPS) is 23.5. The topological polar surface area (TPSA) is 127 Å². The summed E-state index contributed by atoms with van der Waals surface area (Å²) in [6, 6.07) is 8.07. The maximum Gasteiger partial charge on any atom is 0.225 e. The standard InChI is InChI=1S/C22H30N8O2/c1-29-10-8-18(9-11-29)32-17-6-4-16(5-7-17)30-21-19(27-28-30)13-24-22(26-21)25-15-3-2-14(12-15)20(23)31/h4-7,13-15,18,20,31H,2-3,8-12,23H2,1H3,(H,24,25,26)/t14-,15-,20?/m1/s1. The van der Waals surface area contributed by atoms with Gasteiger partial charge in [0, 0.05) is 25.0 Å². The maximum absolute atomic E-state index is 9.62. The van der Waals surface area contributed by atoms with E-state index in [-0.39, 0.29) is 18.1 Å². The molecule has 1 aliphatic carbocycles. The Morgan fingerprint density at radius 2 is 1.94 bits per heavy atom. The van der Waals surface area contributed by atoms with Crippen molar-refractivity contribution in [1.82, 2.24) is 29.9 Å². The van der Waals surface area contributed by atoms with Crippen molar-refractivity contribution in [2.75, 3.05) is 25.5 Å². The third-order valence-corrected chi connectivity index (χ3v) is 6.53. The van der Waals surface area contributed by atoms with Crippen molar-refractivity contribution in [1.29, 1.82) is 0 Å². The van der Waals surface area contributed by atoms with E-state index in [9.17, 15) is 5.11 Å². The van der Waals surface area contributed by atoms with Crippen LogP contribution in [0, 0.1) is 5.92 Å². The molecule has 10 nitrogen and oxygen atoms in total. The Balaban J connectivity index is 1.29. The first-order valence-corrected chi connectivity index (χ1v) is 11.3. The molecule has 170 valence electrons. The second-order valence-corrected chi connectivity index (χ2v) is 8.92. The number of aliphatic hydroxyl groups is 1. The zero-order chi connectivity index (χ0) is 22.1. The average molecular weight is 439 g/mol. The Labute approximate surface area is 186 Å². The van der Waals surface area contributed by atoms with Crippen molar-refractivity contribution in [3.8, 4) is 11.4 Å². The monoisotopic (exact) mass is 438 g/mol. The second kappa shape index (κ2) is 8.97. The van der Waals surface area contributed by atoms with Gasteiger partial charge in [0.25, 0.3) is 0 Å². The molecule has 3 heterocycles. The van der Waals surface area contributed by atoms with E-state index in [1.54, 1.807) is 10.9 Å². The summed E-state index contributed by atoms with van der Waals surface area (Å²) in [7, 11) is 2.15. The summed E-state index contributed by atoms with van der Waals surface area (Å²) < 4.78 is 7.86. The Kier molecular flexibility index (Phi) is 5.90. The summed E-state index contributed by atoms with van der Waals surface area (Å²) in [4.78, 5) is 11.4. The number of ether oxygens (including phenoxy) is 1. The number of fused-ring (bicyclic) bond motifs is 1. The second-order valence-electron chi connectivity index (χ2n) is 8.92. The molecule has 10 heteroatoms. The van der Waals surface area contributed by atoms with Gasteiger partial charge in [-0.25, -0.2) is 4.98 Å². The predicted molar refractivity (Wildman–Crippen MR) is 121 cm³/mol. The highest BCUT2D eigenvalue weighted by Crippen LogP contribution is 2.29. The lowest BCUT2D eigenvalue weighted by atomic mass is 10.1. The van der Waals surface area contributed by atoms with Crippen LogP contribution in [0.25, 0.3) is 16.9 Å². The highest BCUT2D eigenvalue weighted by molar-refractivity contribution is 5.72. The van der Waals surface area contributed by atoms with Crippen molar-refractivity contribution >= 4 is 17.1 Å². The number of nitrogens with one attached hydrogen (secondary N) is 1. The van der Waals surface area contributed by atoms with Gasteiger partial charge in [-0.15, -0.1) is 5.10 Å². The van der Waals surface area contributed by atoms with Crippen LogP contribution in [0.15, 0.2) is 30.5 Å². The Bertz CT molecular complexity index is 1050. The number of hydrogen-bond donors (Lipinski definition) is 3. The van der Waals surface area contributed by atoms with E-state index >= 15 is 0 Å². The lowest BCUT2D eigenvalue weighted by Crippen LogP contribution is -2.35. The van der Waals surface area contributed by atoms with Gasteiger partial charge in [-0.3, -0.25) is 0 Å². The number of likely N-dealkylation sites (tertiary alicyclic amines) is 1. The minimum Gasteiger partial charge on any atom is -0.490 e. The molecule has 2 fully saturated rings. The van der Waals surface area contributed by atoms with Crippen LogP contribution in [0.3, 0.4) is 0 Å². The van der Waals surface area contributed by atoms with E-state index < -0.39 is 6.23 Å². The van der Waals surface area contributed by atoms with Gasteiger partial charge in [0.2, 0.25) is 5.95 Å². The van der Waals surface area contributed by atoms with Gasteiger partial charge in [0.15, 0.2) is 11.2 Å². The van der Waals surface area contributed by atoms with Crippen molar-refractivity contribution in [2.45, 2.75) is 50.5 Å². The minimum atomic E-state index is -0.776. The van der Waals surface area contributed by atoms with Crippen LogP contribution in [0.2, 0.25) is 0 Å². The molecule has 1 aromatic carbocycles. The molecule has 0 amide bonds. The quantitative estimate of drug-likeness (QED) is 0.491. The zero-order valence-corrected chi connectivity index (χ0v) is 18.3. The van der Waals surface area contributed by atoms with Crippen molar-refractivity contribution in [3.05, 3.63) is 30.5 Å². The predicted octanol–water partition coefficient (Wildman–Crippen LogP) is 1.54. The number of benzene rings is 1. The molecule has 1 saturated carbocycles. The Morgan fingerprint density at radius 3 is 2.66 bits per heavy atom. The number of anilines is 1. The van der Waals surface area contributed by atoms with Crippen molar-refractivity contribution < 1.29 is 9.84 Å². The summed E-state index contributed by atoms with van der Waals surface area (Å²) >= 11 is 0. The van der Waals surface area contributed by atoms with Gasteiger partial charge in [0.1, 0.15) is 18.1 Å². The van der Waals surface area contributed by atoms with Gasteiger partial charge in [-0.2, -0.15) is 9.67 Å². The number of hydrogen-bond acceptors (Lipinski definition) is 9. The van der Waals surface area contributed by atoms with Gasteiger partial charge in [0.05, 0.1) is 11.9 Å². The van der Waals surface area contributed by atoms with Crippen LogP contribution in [-0.2, 0) is 0 Å². The van der Waals surface area contributed by atoms with Gasteiger partial charge in [-0.1, -0.05) is 5.21 Å². The highest BCUT2D eigenvalue weighted by Gasteiger charge is 2.28. The first-order valence-electron chi connectivity index (χ1n) is 11.3. The average Bonchev–Trinajstić information content (AvgIpc) is 3.43. The van der Waals surface area contributed by atoms with Gasteiger partial charge < -0.3 is 25.8 Å². The van der Waals surface area contributed by atoms with Gasteiger partial charge >= 0.3 is 0 Å².